The van der Waals surface area contributed by atoms with Crippen molar-refractivity contribution >= 4 is 5.91 Å². The Kier molecular flexibility index (Phi) is 5.76. The third-order valence-electron chi connectivity index (χ3n) is 6.17. The van der Waals surface area contributed by atoms with Crippen LogP contribution in [0.4, 0.5) is 0 Å². The zero-order valence-electron chi connectivity index (χ0n) is 16.7. The average molecular weight is 379 g/mol. The maximum atomic E-state index is 12.2. The fourth-order valence-electron chi connectivity index (χ4n) is 4.26. The molecule has 3 unspecified atom stereocenters. The van der Waals surface area contributed by atoms with E-state index < -0.39 is 0 Å². The van der Waals surface area contributed by atoms with Crippen LogP contribution in [0.2, 0.25) is 0 Å². The van der Waals surface area contributed by atoms with Gasteiger partial charge in [0.15, 0.2) is 0 Å². The van der Waals surface area contributed by atoms with Crippen molar-refractivity contribution in [3.05, 3.63) is 71.8 Å². The summed E-state index contributed by atoms with van der Waals surface area (Å²) in [5.41, 5.74) is 2.65. The standard InChI is InChI=1S/C23H30N4O/c1-17-18(2)24-23(25-22(17)28)27-15-13-26(14-16-27)21(19-9-5-3-6-10-19)20-11-7-4-8-12-20/h3-12,17-18,21,23-24H,13-16H2,1-2H3,(H,25,28). The first kappa shape index (κ1) is 19.1. The normalized spacial score (nSPS) is 27.0. The number of nitrogens with one attached hydrogen (secondary N) is 2. The molecule has 148 valence electrons. The van der Waals surface area contributed by atoms with Gasteiger partial charge in [-0.25, -0.2) is 0 Å². The molecule has 0 saturated carbocycles. The van der Waals surface area contributed by atoms with E-state index in [9.17, 15) is 4.79 Å². The van der Waals surface area contributed by atoms with Gasteiger partial charge in [-0.05, 0) is 18.1 Å². The molecule has 5 heteroatoms. The largest absolute Gasteiger partial charge is 0.328 e. The lowest BCUT2D eigenvalue weighted by Crippen LogP contribution is -2.68. The number of carbonyl (C=O) groups excluding carboxylic acids is 1. The van der Waals surface area contributed by atoms with Gasteiger partial charge in [0.25, 0.3) is 0 Å². The second-order valence-electron chi connectivity index (χ2n) is 7.95. The van der Waals surface area contributed by atoms with Crippen LogP contribution in [0.1, 0.15) is 31.0 Å². The molecule has 0 spiro atoms. The molecule has 5 nitrogen and oxygen atoms in total. The van der Waals surface area contributed by atoms with Gasteiger partial charge in [-0.2, -0.15) is 0 Å². The van der Waals surface area contributed by atoms with Gasteiger partial charge in [0.05, 0.1) is 12.0 Å². The van der Waals surface area contributed by atoms with Crippen LogP contribution in [0.25, 0.3) is 0 Å². The molecule has 3 atom stereocenters. The minimum atomic E-state index is -0.0623. The van der Waals surface area contributed by atoms with Crippen molar-refractivity contribution in [3.63, 3.8) is 0 Å². The summed E-state index contributed by atoms with van der Waals surface area (Å²) < 4.78 is 0. The van der Waals surface area contributed by atoms with Crippen molar-refractivity contribution in [2.45, 2.75) is 32.2 Å². The van der Waals surface area contributed by atoms with Gasteiger partial charge in [-0.3, -0.25) is 19.9 Å². The third kappa shape index (κ3) is 3.97. The summed E-state index contributed by atoms with van der Waals surface area (Å²) in [7, 11) is 0. The number of carbonyl (C=O) groups is 1. The van der Waals surface area contributed by atoms with Crippen molar-refractivity contribution in [1.82, 2.24) is 20.4 Å². The van der Waals surface area contributed by atoms with E-state index in [0.29, 0.717) is 0 Å². The Labute approximate surface area is 167 Å². The van der Waals surface area contributed by atoms with Gasteiger partial charge in [-0.15, -0.1) is 0 Å². The molecule has 0 radical (unpaired) electrons. The Morgan fingerprint density at radius 1 is 0.857 bits per heavy atom. The first-order valence-electron chi connectivity index (χ1n) is 10.3. The van der Waals surface area contributed by atoms with Gasteiger partial charge in [0.1, 0.15) is 6.29 Å². The molecule has 2 saturated heterocycles. The molecule has 2 aliphatic rings. The van der Waals surface area contributed by atoms with E-state index >= 15 is 0 Å². The lowest BCUT2D eigenvalue weighted by molar-refractivity contribution is -0.132. The molecule has 0 aliphatic carbocycles. The minimum absolute atomic E-state index is 0.0121. The van der Waals surface area contributed by atoms with Crippen LogP contribution < -0.4 is 10.6 Å². The Hall–Kier alpha value is -2.21. The summed E-state index contributed by atoms with van der Waals surface area (Å²) in [6.07, 6.45) is -0.0623. The highest BCUT2D eigenvalue weighted by atomic mass is 16.2. The molecule has 2 fully saturated rings. The molecule has 2 N–H and O–H groups in total. The summed E-state index contributed by atoms with van der Waals surface area (Å²) in [6, 6.07) is 21.9. The molecule has 2 aromatic rings. The quantitative estimate of drug-likeness (QED) is 0.858. The van der Waals surface area contributed by atoms with E-state index in [2.05, 4.69) is 88.0 Å². The molecule has 4 rings (SSSR count). The average Bonchev–Trinajstić information content (AvgIpc) is 2.74. The van der Waals surface area contributed by atoms with Gasteiger partial charge >= 0.3 is 0 Å². The topological polar surface area (TPSA) is 47.6 Å². The summed E-state index contributed by atoms with van der Waals surface area (Å²) in [4.78, 5) is 17.1. The summed E-state index contributed by atoms with van der Waals surface area (Å²) in [6.45, 7) is 7.85. The van der Waals surface area contributed by atoms with Crippen molar-refractivity contribution in [2.75, 3.05) is 26.2 Å². The highest BCUT2D eigenvalue weighted by Crippen LogP contribution is 2.29. The van der Waals surface area contributed by atoms with Crippen LogP contribution in [0, 0.1) is 5.92 Å². The van der Waals surface area contributed by atoms with E-state index in [1.807, 2.05) is 6.92 Å². The molecule has 0 bridgehead atoms. The molecule has 2 aromatic carbocycles. The predicted octanol–water partition coefficient (Wildman–Crippen LogP) is 2.42. The van der Waals surface area contributed by atoms with Crippen molar-refractivity contribution in [2.24, 2.45) is 5.92 Å². The van der Waals surface area contributed by atoms with Gasteiger partial charge in [-0.1, -0.05) is 67.6 Å². The van der Waals surface area contributed by atoms with Crippen LogP contribution in [0.3, 0.4) is 0 Å². The number of hydrogen-bond acceptors (Lipinski definition) is 4. The Balaban J connectivity index is 1.47. The third-order valence-corrected chi connectivity index (χ3v) is 6.17. The summed E-state index contributed by atoms with van der Waals surface area (Å²) >= 11 is 0. The van der Waals surface area contributed by atoms with E-state index in [1.54, 1.807) is 0 Å². The predicted molar refractivity (Wildman–Crippen MR) is 112 cm³/mol. The highest BCUT2D eigenvalue weighted by molar-refractivity contribution is 5.80. The number of rotatable bonds is 4. The highest BCUT2D eigenvalue weighted by Gasteiger charge is 2.35. The van der Waals surface area contributed by atoms with Gasteiger partial charge < -0.3 is 5.32 Å². The number of benzene rings is 2. The molecular formula is C23H30N4O. The van der Waals surface area contributed by atoms with Crippen LogP contribution in [-0.2, 0) is 4.79 Å². The van der Waals surface area contributed by atoms with E-state index in [1.165, 1.54) is 11.1 Å². The van der Waals surface area contributed by atoms with E-state index in [0.717, 1.165) is 26.2 Å². The zero-order chi connectivity index (χ0) is 19.5. The lowest BCUT2D eigenvalue weighted by atomic mass is 9.96. The van der Waals surface area contributed by atoms with Crippen molar-refractivity contribution in [3.8, 4) is 0 Å². The number of nitrogens with zero attached hydrogens (tertiary/aromatic N) is 2. The van der Waals surface area contributed by atoms with Crippen LogP contribution >= 0.6 is 0 Å². The fourth-order valence-corrected chi connectivity index (χ4v) is 4.26. The van der Waals surface area contributed by atoms with Crippen molar-refractivity contribution in [1.29, 1.82) is 0 Å². The SMILES string of the molecule is CC1NC(N2CCN(C(c3ccccc3)c3ccccc3)CC2)NC(=O)C1C. The van der Waals surface area contributed by atoms with E-state index in [-0.39, 0.29) is 30.2 Å². The first-order chi connectivity index (χ1) is 13.6. The molecule has 2 aliphatic heterocycles. The maximum absolute atomic E-state index is 12.2. The molecule has 1 amide bonds. The van der Waals surface area contributed by atoms with Crippen LogP contribution in [-0.4, -0.2) is 54.2 Å². The summed E-state index contributed by atoms with van der Waals surface area (Å²) in [5.74, 6) is 0.156. The second-order valence-corrected chi connectivity index (χ2v) is 7.95. The zero-order valence-corrected chi connectivity index (χ0v) is 16.7. The van der Waals surface area contributed by atoms with E-state index in [4.69, 9.17) is 0 Å². The number of piperazine rings is 1. The number of amides is 1. The molecule has 28 heavy (non-hydrogen) atoms. The smallest absolute Gasteiger partial charge is 0.226 e. The summed E-state index contributed by atoms with van der Waals surface area (Å²) in [5, 5.41) is 6.68. The minimum Gasteiger partial charge on any atom is -0.328 e. The maximum Gasteiger partial charge on any atom is 0.226 e. The fraction of sp³-hybridized carbons (Fsp3) is 0.435. The van der Waals surface area contributed by atoms with Gasteiger partial charge in [0, 0.05) is 32.2 Å². The van der Waals surface area contributed by atoms with Gasteiger partial charge in [0.2, 0.25) is 5.91 Å². The monoisotopic (exact) mass is 378 g/mol. The van der Waals surface area contributed by atoms with Crippen LogP contribution in [0.5, 0.6) is 0 Å². The Bertz CT molecular complexity index is 734. The molecular weight excluding hydrogens is 348 g/mol. The molecule has 0 aromatic heterocycles. The Morgan fingerprint density at radius 2 is 1.39 bits per heavy atom. The second kappa shape index (κ2) is 8.43. The van der Waals surface area contributed by atoms with Crippen molar-refractivity contribution < 1.29 is 4.79 Å². The number of hydrogen-bond donors (Lipinski definition) is 2. The molecule has 2 heterocycles. The first-order valence-corrected chi connectivity index (χ1v) is 10.3. The lowest BCUT2D eigenvalue weighted by Gasteiger charge is -2.45. The van der Waals surface area contributed by atoms with Crippen LogP contribution in [0.15, 0.2) is 60.7 Å². The Morgan fingerprint density at radius 3 is 1.89 bits per heavy atom.